The molecule has 0 saturated carbocycles. The number of hydrogen-bond donors (Lipinski definition) is 3. The van der Waals surface area contributed by atoms with Gasteiger partial charge in [-0.1, -0.05) is 28.1 Å². The molecule has 4 nitrogen and oxygen atoms in total. The summed E-state index contributed by atoms with van der Waals surface area (Å²) in [6.45, 7) is 3.71. The lowest BCUT2D eigenvalue weighted by Crippen LogP contribution is -2.51. The van der Waals surface area contributed by atoms with Gasteiger partial charge in [-0.25, -0.2) is 0 Å². The van der Waals surface area contributed by atoms with Crippen molar-refractivity contribution in [2.45, 2.75) is 19.3 Å². The van der Waals surface area contributed by atoms with E-state index >= 15 is 0 Å². The van der Waals surface area contributed by atoms with Gasteiger partial charge in [0.2, 0.25) is 5.91 Å². The van der Waals surface area contributed by atoms with Gasteiger partial charge >= 0.3 is 0 Å². The van der Waals surface area contributed by atoms with Crippen LogP contribution in [0.2, 0.25) is 0 Å². The number of carbonyl (C=O) groups excluding carboxylic acids is 1. The number of rotatable bonds is 2. The largest absolute Gasteiger partial charge is 0.364 e. The lowest BCUT2D eigenvalue weighted by Gasteiger charge is -2.24. The molecule has 1 amide bonds. The summed E-state index contributed by atoms with van der Waals surface area (Å²) in [7, 11) is 1.68. The first-order valence-electron chi connectivity index (χ1n) is 5.42. The minimum absolute atomic E-state index is 0.154. The van der Waals surface area contributed by atoms with Crippen LogP contribution in [0.25, 0.3) is 0 Å². The molecule has 0 aliphatic rings. The third kappa shape index (κ3) is 3.68. The quantitative estimate of drug-likeness (QED) is 0.572. The van der Waals surface area contributed by atoms with Gasteiger partial charge in [0, 0.05) is 11.5 Å². The zero-order valence-electron chi connectivity index (χ0n) is 10.5. The van der Waals surface area contributed by atoms with Crippen LogP contribution < -0.4 is 16.2 Å². The number of hydrazine groups is 1. The molecule has 0 bridgehead atoms. The van der Waals surface area contributed by atoms with Gasteiger partial charge in [0.15, 0.2) is 5.11 Å². The molecule has 0 aliphatic heterocycles. The SMILES string of the molecule is CNC(=S)NNC(=O)C(C)(C)c1cccc(Br)c1. The number of carbonyl (C=O) groups is 1. The Morgan fingerprint density at radius 2 is 2.00 bits per heavy atom. The van der Waals surface area contributed by atoms with Crippen molar-refractivity contribution in [1.82, 2.24) is 16.2 Å². The highest BCUT2D eigenvalue weighted by atomic mass is 79.9. The van der Waals surface area contributed by atoms with Crippen LogP contribution in [0.15, 0.2) is 28.7 Å². The Bertz CT molecular complexity index is 462. The first-order chi connectivity index (χ1) is 8.37. The van der Waals surface area contributed by atoms with Crippen LogP contribution in [-0.4, -0.2) is 18.1 Å². The van der Waals surface area contributed by atoms with Crippen LogP contribution in [0.4, 0.5) is 0 Å². The molecule has 0 fully saturated rings. The molecule has 0 unspecified atom stereocenters. The van der Waals surface area contributed by atoms with E-state index in [0.717, 1.165) is 10.0 Å². The van der Waals surface area contributed by atoms with E-state index in [1.165, 1.54) is 0 Å². The van der Waals surface area contributed by atoms with Crippen molar-refractivity contribution in [2.75, 3.05) is 7.05 Å². The normalized spacial score (nSPS) is 10.7. The Kier molecular flexibility index (Phi) is 5.10. The van der Waals surface area contributed by atoms with Crippen LogP contribution in [0.3, 0.4) is 0 Å². The van der Waals surface area contributed by atoms with Gasteiger partial charge in [0.1, 0.15) is 0 Å². The molecular weight excluding hydrogens is 314 g/mol. The zero-order valence-corrected chi connectivity index (χ0v) is 12.9. The van der Waals surface area contributed by atoms with Gasteiger partial charge in [-0.15, -0.1) is 0 Å². The highest BCUT2D eigenvalue weighted by molar-refractivity contribution is 9.10. The number of nitrogens with one attached hydrogen (secondary N) is 3. The minimum Gasteiger partial charge on any atom is -0.364 e. The topological polar surface area (TPSA) is 53.2 Å². The Balaban J connectivity index is 2.79. The van der Waals surface area contributed by atoms with Crippen molar-refractivity contribution in [1.29, 1.82) is 0 Å². The van der Waals surface area contributed by atoms with Gasteiger partial charge in [-0.3, -0.25) is 15.6 Å². The number of thiocarbonyl (C=S) groups is 1. The zero-order chi connectivity index (χ0) is 13.8. The molecule has 1 rings (SSSR count). The second-order valence-electron chi connectivity index (χ2n) is 4.29. The molecule has 3 N–H and O–H groups in total. The highest BCUT2D eigenvalue weighted by Gasteiger charge is 2.29. The Labute approximate surface area is 121 Å². The summed E-state index contributed by atoms with van der Waals surface area (Å²) in [6.07, 6.45) is 0. The fourth-order valence-corrected chi connectivity index (χ4v) is 1.79. The molecule has 0 spiro atoms. The average molecular weight is 330 g/mol. The monoisotopic (exact) mass is 329 g/mol. The van der Waals surface area contributed by atoms with E-state index in [1.54, 1.807) is 7.05 Å². The van der Waals surface area contributed by atoms with Crippen molar-refractivity contribution in [3.8, 4) is 0 Å². The summed E-state index contributed by atoms with van der Waals surface area (Å²) in [5, 5.41) is 3.09. The Hall–Kier alpha value is -1.14. The fourth-order valence-electron chi connectivity index (χ4n) is 1.34. The summed E-state index contributed by atoms with van der Waals surface area (Å²) in [5.74, 6) is -0.154. The molecule has 1 aromatic rings. The summed E-state index contributed by atoms with van der Waals surface area (Å²) >= 11 is 8.29. The first-order valence-corrected chi connectivity index (χ1v) is 6.62. The molecule has 0 heterocycles. The maximum Gasteiger partial charge on any atom is 0.248 e. The van der Waals surface area contributed by atoms with E-state index in [0.29, 0.717) is 5.11 Å². The molecular formula is C12H16BrN3OS. The van der Waals surface area contributed by atoms with Crippen LogP contribution in [0.5, 0.6) is 0 Å². The molecule has 1 aromatic carbocycles. The van der Waals surface area contributed by atoms with Crippen LogP contribution in [0, 0.1) is 0 Å². The third-order valence-electron chi connectivity index (χ3n) is 2.63. The summed E-state index contributed by atoms with van der Waals surface area (Å²) in [4.78, 5) is 12.1. The molecule has 0 aromatic heterocycles. The second-order valence-corrected chi connectivity index (χ2v) is 5.62. The predicted octanol–water partition coefficient (Wildman–Crippen LogP) is 1.85. The van der Waals surface area contributed by atoms with Crippen molar-refractivity contribution in [3.05, 3.63) is 34.3 Å². The van der Waals surface area contributed by atoms with Crippen molar-refractivity contribution in [2.24, 2.45) is 0 Å². The van der Waals surface area contributed by atoms with Crippen molar-refractivity contribution < 1.29 is 4.79 Å². The van der Waals surface area contributed by atoms with E-state index in [2.05, 4.69) is 32.1 Å². The molecule has 0 radical (unpaired) electrons. The number of benzene rings is 1. The summed E-state index contributed by atoms with van der Waals surface area (Å²) in [5.41, 5.74) is 5.49. The molecule has 6 heteroatoms. The molecule has 98 valence electrons. The maximum atomic E-state index is 12.1. The third-order valence-corrected chi connectivity index (χ3v) is 3.43. The van der Waals surface area contributed by atoms with Gasteiger partial charge in [0.25, 0.3) is 0 Å². The highest BCUT2D eigenvalue weighted by Crippen LogP contribution is 2.25. The lowest BCUT2D eigenvalue weighted by molar-refractivity contribution is -0.126. The average Bonchev–Trinajstić information content (AvgIpc) is 2.35. The molecule has 0 aliphatic carbocycles. The van der Waals surface area contributed by atoms with Gasteiger partial charge in [-0.05, 0) is 43.8 Å². The fraction of sp³-hybridized carbons (Fsp3) is 0.333. The van der Waals surface area contributed by atoms with E-state index < -0.39 is 5.41 Å². The van der Waals surface area contributed by atoms with Crippen LogP contribution in [0.1, 0.15) is 19.4 Å². The minimum atomic E-state index is -0.653. The molecule has 0 saturated heterocycles. The predicted molar refractivity (Wildman–Crippen MR) is 80.1 cm³/mol. The Morgan fingerprint density at radius 1 is 1.33 bits per heavy atom. The summed E-state index contributed by atoms with van der Waals surface area (Å²) in [6, 6.07) is 7.67. The van der Waals surface area contributed by atoms with E-state index in [1.807, 2.05) is 38.1 Å². The van der Waals surface area contributed by atoms with Crippen molar-refractivity contribution in [3.63, 3.8) is 0 Å². The Morgan fingerprint density at radius 3 is 2.56 bits per heavy atom. The molecule has 0 atom stereocenters. The standard InChI is InChI=1S/C12H16BrN3OS/c1-12(2,8-5-4-6-9(13)7-8)10(17)15-16-11(18)14-3/h4-7H,1-3H3,(H,15,17)(H2,14,16,18). The number of amides is 1. The van der Waals surface area contributed by atoms with Gasteiger partial charge < -0.3 is 5.32 Å². The lowest BCUT2D eigenvalue weighted by atomic mass is 9.84. The van der Waals surface area contributed by atoms with E-state index in [9.17, 15) is 4.79 Å². The van der Waals surface area contributed by atoms with E-state index in [4.69, 9.17) is 12.2 Å². The van der Waals surface area contributed by atoms with E-state index in [-0.39, 0.29) is 5.91 Å². The number of hydrogen-bond acceptors (Lipinski definition) is 2. The smallest absolute Gasteiger partial charge is 0.248 e. The van der Waals surface area contributed by atoms with Crippen LogP contribution in [-0.2, 0) is 10.2 Å². The van der Waals surface area contributed by atoms with Crippen LogP contribution >= 0.6 is 28.1 Å². The van der Waals surface area contributed by atoms with Gasteiger partial charge in [-0.2, -0.15) is 0 Å². The van der Waals surface area contributed by atoms with Gasteiger partial charge in [0.05, 0.1) is 5.41 Å². The summed E-state index contributed by atoms with van der Waals surface area (Å²) < 4.78 is 0.944. The first kappa shape index (κ1) is 14.9. The number of halogens is 1. The maximum absolute atomic E-state index is 12.1. The molecule has 18 heavy (non-hydrogen) atoms. The van der Waals surface area contributed by atoms with Crippen molar-refractivity contribution >= 4 is 39.2 Å². The second kappa shape index (κ2) is 6.15.